The molecule has 3 amide bonds. The number of thioether (sulfide) groups is 1. The Morgan fingerprint density at radius 3 is 2.38 bits per heavy atom. The van der Waals surface area contributed by atoms with Gasteiger partial charge in [0.1, 0.15) is 6.54 Å². The fourth-order valence-corrected chi connectivity index (χ4v) is 3.73. The fourth-order valence-electron chi connectivity index (χ4n) is 2.89. The monoisotopic (exact) mass is 344 g/mol. The van der Waals surface area contributed by atoms with Crippen LogP contribution < -0.4 is 0 Å². The Kier molecular flexibility index (Phi) is 5.35. The number of amides is 3. The Labute approximate surface area is 145 Å². The van der Waals surface area contributed by atoms with Crippen molar-refractivity contribution in [2.75, 3.05) is 19.6 Å². The van der Waals surface area contributed by atoms with Gasteiger partial charge in [0, 0.05) is 13.1 Å². The average molecular weight is 344 g/mol. The Balaban J connectivity index is 1.68. The molecule has 2 saturated heterocycles. The van der Waals surface area contributed by atoms with Crippen molar-refractivity contribution in [3.63, 3.8) is 0 Å². The molecule has 0 aromatic heterocycles. The van der Waals surface area contributed by atoms with Crippen molar-refractivity contribution in [2.24, 2.45) is 0 Å². The summed E-state index contributed by atoms with van der Waals surface area (Å²) in [5.41, 5.74) is 0.863. The molecule has 0 spiro atoms. The molecule has 3 rings (SSSR count). The van der Waals surface area contributed by atoms with Gasteiger partial charge in [0.25, 0.3) is 11.1 Å². The zero-order chi connectivity index (χ0) is 16.9. The third kappa shape index (κ3) is 3.87. The maximum absolute atomic E-state index is 12.5. The lowest BCUT2D eigenvalue weighted by molar-refractivity contribution is -0.135. The summed E-state index contributed by atoms with van der Waals surface area (Å²) in [7, 11) is 0. The van der Waals surface area contributed by atoms with Gasteiger partial charge in [-0.25, -0.2) is 0 Å². The van der Waals surface area contributed by atoms with Crippen molar-refractivity contribution in [1.29, 1.82) is 0 Å². The first-order valence-electron chi connectivity index (χ1n) is 8.23. The van der Waals surface area contributed by atoms with Gasteiger partial charge in [0.2, 0.25) is 5.91 Å². The molecule has 0 saturated carbocycles. The van der Waals surface area contributed by atoms with Crippen molar-refractivity contribution in [1.82, 2.24) is 9.80 Å². The molecule has 6 heteroatoms. The number of nitrogens with zero attached hydrogens (tertiary/aromatic N) is 2. The molecule has 2 fully saturated rings. The van der Waals surface area contributed by atoms with Crippen LogP contribution in [0.25, 0.3) is 6.08 Å². The van der Waals surface area contributed by atoms with E-state index in [-0.39, 0.29) is 23.6 Å². The SMILES string of the molecule is O=C(CN1C(=O)S/C(=C/c2ccccc2)C1=O)N1CCCCCC1. The van der Waals surface area contributed by atoms with Crippen LogP contribution in [0, 0.1) is 0 Å². The molecule has 2 aliphatic heterocycles. The number of benzene rings is 1. The molecule has 1 aromatic rings. The number of carbonyl (C=O) groups excluding carboxylic acids is 3. The number of imide groups is 1. The van der Waals surface area contributed by atoms with E-state index in [1.807, 2.05) is 30.3 Å². The third-order valence-electron chi connectivity index (χ3n) is 4.22. The van der Waals surface area contributed by atoms with Crippen LogP contribution in [-0.2, 0) is 9.59 Å². The smallest absolute Gasteiger partial charge is 0.294 e. The summed E-state index contributed by atoms with van der Waals surface area (Å²) in [6, 6.07) is 9.38. The standard InChI is InChI=1S/C18H20N2O3S/c21-16(19-10-6-1-2-7-11-19)13-20-17(22)15(24-18(20)23)12-14-8-4-3-5-9-14/h3-5,8-9,12H,1-2,6-7,10-11,13H2/b15-12+. The summed E-state index contributed by atoms with van der Waals surface area (Å²) in [5, 5.41) is -0.370. The van der Waals surface area contributed by atoms with E-state index in [0.29, 0.717) is 4.91 Å². The van der Waals surface area contributed by atoms with Crippen LogP contribution >= 0.6 is 11.8 Å². The van der Waals surface area contributed by atoms with Crippen molar-refractivity contribution >= 4 is 34.9 Å². The third-order valence-corrected chi connectivity index (χ3v) is 5.13. The molecule has 0 bridgehead atoms. The summed E-state index contributed by atoms with van der Waals surface area (Å²) >= 11 is 0.897. The molecule has 0 radical (unpaired) electrons. The van der Waals surface area contributed by atoms with Crippen LogP contribution in [0.1, 0.15) is 31.2 Å². The predicted molar refractivity (Wildman–Crippen MR) is 94.2 cm³/mol. The maximum Gasteiger partial charge on any atom is 0.294 e. The summed E-state index contributed by atoms with van der Waals surface area (Å²) in [6.45, 7) is 1.28. The molecule has 0 N–H and O–H groups in total. The molecule has 126 valence electrons. The molecule has 0 unspecified atom stereocenters. The lowest BCUT2D eigenvalue weighted by atomic mass is 10.2. The molecule has 0 aliphatic carbocycles. The van der Waals surface area contributed by atoms with Crippen LogP contribution in [0.2, 0.25) is 0 Å². The highest BCUT2D eigenvalue weighted by molar-refractivity contribution is 8.18. The first kappa shape index (κ1) is 16.8. The molecule has 0 atom stereocenters. The number of rotatable bonds is 3. The highest BCUT2D eigenvalue weighted by atomic mass is 32.2. The largest absolute Gasteiger partial charge is 0.341 e. The molecular formula is C18H20N2O3S. The first-order valence-corrected chi connectivity index (χ1v) is 9.05. The van der Waals surface area contributed by atoms with Gasteiger partial charge in [-0.1, -0.05) is 43.2 Å². The quantitative estimate of drug-likeness (QED) is 0.791. The summed E-state index contributed by atoms with van der Waals surface area (Å²) in [4.78, 5) is 40.2. The Morgan fingerprint density at radius 2 is 1.71 bits per heavy atom. The van der Waals surface area contributed by atoms with E-state index in [0.717, 1.165) is 61.0 Å². The second kappa shape index (κ2) is 7.66. The Morgan fingerprint density at radius 1 is 1.04 bits per heavy atom. The van der Waals surface area contributed by atoms with Crippen LogP contribution in [0.15, 0.2) is 35.2 Å². The summed E-state index contributed by atoms with van der Waals surface area (Å²) in [6.07, 6.45) is 5.93. The van der Waals surface area contributed by atoms with E-state index in [9.17, 15) is 14.4 Å². The minimum absolute atomic E-state index is 0.139. The second-order valence-corrected chi connectivity index (χ2v) is 6.97. The zero-order valence-electron chi connectivity index (χ0n) is 13.4. The van der Waals surface area contributed by atoms with Crippen molar-refractivity contribution < 1.29 is 14.4 Å². The van der Waals surface area contributed by atoms with Crippen LogP contribution in [-0.4, -0.2) is 46.5 Å². The lowest BCUT2D eigenvalue weighted by Gasteiger charge is -2.22. The topological polar surface area (TPSA) is 57.7 Å². The minimum Gasteiger partial charge on any atom is -0.341 e. The second-order valence-electron chi connectivity index (χ2n) is 5.97. The van der Waals surface area contributed by atoms with E-state index >= 15 is 0 Å². The summed E-state index contributed by atoms with van der Waals surface area (Å²) in [5.74, 6) is -0.516. The van der Waals surface area contributed by atoms with E-state index in [1.165, 1.54) is 0 Å². The van der Waals surface area contributed by atoms with Crippen LogP contribution in [0.5, 0.6) is 0 Å². The van der Waals surface area contributed by atoms with Crippen molar-refractivity contribution in [3.05, 3.63) is 40.8 Å². The van der Waals surface area contributed by atoms with E-state index in [1.54, 1.807) is 11.0 Å². The van der Waals surface area contributed by atoms with Gasteiger partial charge in [-0.2, -0.15) is 0 Å². The first-order chi connectivity index (χ1) is 11.6. The molecule has 1 aromatic carbocycles. The highest BCUT2D eigenvalue weighted by Gasteiger charge is 2.37. The normalized spacial score (nSPS) is 20.6. The Hall–Kier alpha value is -2.08. The molecular weight excluding hydrogens is 324 g/mol. The zero-order valence-corrected chi connectivity index (χ0v) is 14.3. The molecule has 2 aliphatic rings. The van der Waals surface area contributed by atoms with Gasteiger partial charge < -0.3 is 4.90 Å². The minimum atomic E-state index is -0.378. The van der Waals surface area contributed by atoms with Gasteiger partial charge in [-0.3, -0.25) is 19.3 Å². The van der Waals surface area contributed by atoms with E-state index in [2.05, 4.69) is 0 Å². The van der Waals surface area contributed by atoms with E-state index in [4.69, 9.17) is 0 Å². The molecule has 2 heterocycles. The average Bonchev–Trinajstić information content (AvgIpc) is 2.80. The number of hydrogen-bond acceptors (Lipinski definition) is 4. The van der Waals surface area contributed by atoms with Gasteiger partial charge in [0.15, 0.2) is 0 Å². The van der Waals surface area contributed by atoms with Crippen LogP contribution in [0.4, 0.5) is 4.79 Å². The van der Waals surface area contributed by atoms with Gasteiger partial charge >= 0.3 is 0 Å². The predicted octanol–water partition coefficient (Wildman–Crippen LogP) is 3.13. The number of carbonyl (C=O) groups is 3. The van der Waals surface area contributed by atoms with Crippen molar-refractivity contribution in [3.8, 4) is 0 Å². The Bertz CT molecular complexity index is 664. The van der Waals surface area contributed by atoms with Crippen molar-refractivity contribution in [2.45, 2.75) is 25.7 Å². The summed E-state index contributed by atoms with van der Waals surface area (Å²) < 4.78 is 0. The van der Waals surface area contributed by atoms with Gasteiger partial charge in [-0.15, -0.1) is 0 Å². The number of hydrogen-bond donors (Lipinski definition) is 0. The van der Waals surface area contributed by atoms with Gasteiger partial charge in [-0.05, 0) is 36.2 Å². The molecule has 24 heavy (non-hydrogen) atoms. The van der Waals surface area contributed by atoms with Gasteiger partial charge in [0.05, 0.1) is 4.91 Å². The van der Waals surface area contributed by atoms with Crippen LogP contribution in [0.3, 0.4) is 0 Å². The highest BCUT2D eigenvalue weighted by Crippen LogP contribution is 2.32. The number of likely N-dealkylation sites (tertiary alicyclic amines) is 1. The molecule has 5 nitrogen and oxygen atoms in total. The van der Waals surface area contributed by atoms with E-state index < -0.39 is 0 Å². The fraction of sp³-hybridized carbons (Fsp3) is 0.389. The lowest BCUT2D eigenvalue weighted by Crippen LogP contribution is -2.42. The maximum atomic E-state index is 12.5.